The number of likely N-dealkylation sites (tertiary alicyclic amines) is 1. The van der Waals surface area contributed by atoms with Crippen LogP contribution in [-0.2, 0) is 4.79 Å². The molecule has 2 aromatic carbocycles. The highest BCUT2D eigenvalue weighted by atomic mass is 16.2. The molecule has 1 saturated heterocycles. The normalized spacial score (nSPS) is 14.8. The second-order valence-corrected chi connectivity index (χ2v) is 11.5. The summed E-state index contributed by atoms with van der Waals surface area (Å²) >= 11 is 0. The third-order valence-corrected chi connectivity index (χ3v) is 7.76. The molecule has 45 heavy (non-hydrogen) atoms. The monoisotopic (exact) mass is 600 g/mol. The zero-order valence-corrected chi connectivity index (χ0v) is 25.6. The number of benzene rings is 2. The van der Waals surface area contributed by atoms with Gasteiger partial charge in [0.15, 0.2) is 0 Å². The number of aromatic nitrogens is 4. The van der Waals surface area contributed by atoms with Gasteiger partial charge in [0.1, 0.15) is 5.69 Å². The first-order valence-electron chi connectivity index (χ1n) is 15.0. The van der Waals surface area contributed by atoms with E-state index in [1.165, 1.54) is 6.08 Å². The van der Waals surface area contributed by atoms with Crippen LogP contribution in [0.2, 0.25) is 0 Å². The molecule has 6 rings (SSSR count). The Balaban J connectivity index is 1.14. The molecule has 5 aromatic rings. The fourth-order valence-electron chi connectivity index (χ4n) is 5.55. The van der Waals surface area contributed by atoms with E-state index < -0.39 is 0 Å². The van der Waals surface area contributed by atoms with Crippen molar-refractivity contribution in [2.75, 3.05) is 44.4 Å². The average molecular weight is 601 g/mol. The van der Waals surface area contributed by atoms with Crippen LogP contribution in [0.5, 0.6) is 0 Å². The van der Waals surface area contributed by atoms with Crippen molar-refractivity contribution in [3.63, 3.8) is 0 Å². The quantitative estimate of drug-likeness (QED) is 0.225. The maximum atomic E-state index is 13.3. The summed E-state index contributed by atoms with van der Waals surface area (Å²) in [6, 6.07) is 23.1. The van der Waals surface area contributed by atoms with Crippen molar-refractivity contribution >= 4 is 29.0 Å². The third-order valence-electron chi connectivity index (χ3n) is 7.76. The van der Waals surface area contributed by atoms with E-state index in [2.05, 4.69) is 40.7 Å². The lowest BCUT2D eigenvalue weighted by molar-refractivity contribution is -0.111. The van der Waals surface area contributed by atoms with Gasteiger partial charge in [0.2, 0.25) is 11.9 Å². The van der Waals surface area contributed by atoms with Gasteiger partial charge in [0, 0.05) is 61.0 Å². The number of hydrogen-bond acceptors (Lipinski definition) is 7. The topological polar surface area (TPSA) is 108 Å². The molecular formula is C35H36N8O2. The van der Waals surface area contributed by atoms with Crippen molar-refractivity contribution in [1.29, 1.82) is 0 Å². The largest absolute Gasteiger partial charge is 0.350 e. The number of anilines is 2. The molecule has 1 aliphatic rings. The number of carbonyl (C=O) groups is 2. The number of nitrogens with zero attached hydrogens (tertiary/aromatic N) is 6. The zero-order valence-electron chi connectivity index (χ0n) is 25.6. The van der Waals surface area contributed by atoms with Crippen LogP contribution in [0, 0.1) is 6.92 Å². The van der Waals surface area contributed by atoms with Crippen molar-refractivity contribution in [3.8, 4) is 22.5 Å². The molecule has 0 radical (unpaired) electrons. The zero-order chi connectivity index (χ0) is 31.3. The van der Waals surface area contributed by atoms with Crippen LogP contribution in [0.3, 0.4) is 0 Å². The second-order valence-electron chi connectivity index (χ2n) is 11.5. The number of rotatable bonds is 9. The Hall–Kier alpha value is -5.35. The Bertz CT molecular complexity index is 1850. The number of aryl methyl sites for hydroxylation is 1. The Labute approximate surface area is 262 Å². The third kappa shape index (κ3) is 6.76. The number of amides is 2. The van der Waals surface area contributed by atoms with Gasteiger partial charge in [-0.3, -0.25) is 9.59 Å². The van der Waals surface area contributed by atoms with E-state index in [1.54, 1.807) is 36.5 Å². The highest BCUT2D eigenvalue weighted by Crippen LogP contribution is 2.35. The van der Waals surface area contributed by atoms with E-state index in [1.807, 2.05) is 64.9 Å². The molecule has 1 fully saturated rings. The summed E-state index contributed by atoms with van der Waals surface area (Å²) in [5.74, 6) is 0.259. The summed E-state index contributed by atoms with van der Waals surface area (Å²) in [6.07, 6.45) is 7.80. The molecule has 0 unspecified atom stereocenters. The van der Waals surface area contributed by atoms with Crippen LogP contribution in [0.15, 0.2) is 97.3 Å². The minimum Gasteiger partial charge on any atom is -0.350 e. The minimum atomic E-state index is -0.205. The van der Waals surface area contributed by atoms with Crippen molar-refractivity contribution in [2.24, 2.45) is 0 Å². The predicted octanol–water partition coefficient (Wildman–Crippen LogP) is 5.15. The first-order valence-corrected chi connectivity index (χ1v) is 15.0. The van der Waals surface area contributed by atoms with Crippen LogP contribution in [0.4, 0.5) is 11.6 Å². The number of fused-ring (bicyclic) bond motifs is 1. The SMILES string of the molecule is Cc1cccn2nc(-c3ccccc3)c(-c3ccnc(N[C@H]4CCN(C(=O)c5ccc(NC(=O)/C=C/CN(C)C)cc5)C4)n3)c12. The van der Waals surface area contributed by atoms with Gasteiger partial charge >= 0.3 is 0 Å². The molecule has 2 amide bonds. The molecule has 2 N–H and O–H groups in total. The molecule has 0 bridgehead atoms. The number of hydrogen-bond donors (Lipinski definition) is 2. The van der Waals surface area contributed by atoms with Crippen LogP contribution < -0.4 is 10.6 Å². The molecule has 1 atom stereocenters. The highest BCUT2D eigenvalue weighted by Gasteiger charge is 2.28. The van der Waals surface area contributed by atoms with Crippen molar-refractivity contribution in [2.45, 2.75) is 19.4 Å². The van der Waals surface area contributed by atoms with E-state index in [9.17, 15) is 9.59 Å². The van der Waals surface area contributed by atoms with Gasteiger partial charge in [0.05, 0.1) is 16.8 Å². The summed E-state index contributed by atoms with van der Waals surface area (Å²) in [5.41, 5.74) is 6.93. The lowest BCUT2D eigenvalue weighted by atomic mass is 10.0. The molecule has 10 nitrogen and oxygen atoms in total. The maximum absolute atomic E-state index is 13.3. The molecule has 228 valence electrons. The molecule has 1 aliphatic heterocycles. The van der Waals surface area contributed by atoms with Crippen molar-refractivity contribution in [3.05, 3.63) is 108 Å². The fraction of sp³-hybridized carbons (Fsp3) is 0.229. The molecule has 4 heterocycles. The predicted molar refractivity (Wildman–Crippen MR) is 177 cm³/mol. The van der Waals surface area contributed by atoms with E-state index in [4.69, 9.17) is 10.1 Å². The summed E-state index contributed by atoms with van der Waals surface area (Å²) in [7, 11) is 3.88. The Kier molecular flexibility index (Phi) is 8.65. The molecule has 0 spiro atoms. The minimum absolute atomic E-state index is 0.0101. The standard InChI is InChI=1S/C35H36N8O2/c1-24-9-7-21-43-33(24)31(32(40-43)25-10-5-4-6-11-25)29-17-19-36-35(39-29)38-28-18-22-42(23-28)34(45)26-13-15-27(16-14-26)37-30(44)12-8-20-41(2)3/h4-17,19,21,28H,18,20,22-23H2,1-3H3,(H,37,44)(H,36,38,39)/b12-8+/t28-/m0/s1. The molecule has 0 aliphatic carbocycles. The van der Waals surface area contributed by atoms with Gasteiger partial charge in [-0.05, 0) is 69.4 Å². The van der Waals surface area contributed by atoms with Gasteiger partial charge < -0.3 is 20.4 Å². The van der Waals surface area contributed by atoms with Gasteiger partial charge in [-0.15, -0.1) is 0 Å². The smallest absolute Gasteiger partial charge is 0.253 e. The number of carbonyl (C=O) groups excluding carboxylic acids is 2. The van der Waals surface area contributed by atoms with Crippen LogP contribution in [-0.4, -0.2) is 81.0 Å². The summed E-state index contributed by atoms with van der Waals surface area (Å²) in [5, 5.41) is 11.2. The van der Waals surface area contributed by atoms with Crippen LogP contribution in [0.25, 0.3) is 28.0 Å². The van der Waals surface area contributed by atoms with Crippen molar-refractivity contribution in [1.82, 2.24) is 29.4 Å². The first kappa shape index (κ1) is 29.7. The summed E-state index contributed by atoms with van der Waals surface area (Å²) < 4.78 is 1.91. The lowest BCUT2D eigenvalue weighted by Gasteiger charge is -2.17. The van der Waals surface area contributed by atoms with Gasteiger partial charge in [-0.2, -0.15) is 5.10 Å². The van der Waals surface area contributed by atoms with Gasteiger partial charge in [0.25, 0.3) is 5.91 Å². The average Bonchev–Trinajstić information content (AvgIpc) is 3.67. The first-order chi connectivity index (χ1) is 21.9. The van der Waals surface area contributed by atoms with E-state index in [0.717, 1.165) is 40.0 Å². The molecule has 10 heteroatoms. The summed E-state index contributed by atoms with van der Waals surface area (Å²) in [4.78, 5) is 38.7. The van der Waals surface area contributed by atoms with E-state index >= 15 is 0 Å². The van der Waals surface area contributed by atoms with Gasteiger partial charge in [-0.1, -0.05) is 42.5 Å². The lowest BCUT2D eigenvalue weighted by Crippen LogP contribution is -2.31. The van der Waals surface area contributed by atoms with Gasteiger partial charge in [-0.25, -0.2) is 14.5 Å². The number of pyridine rings is 1. The Morgan fingerprint density at radius 3 is 2.60 bits per heavy atom. The molecular weight excluding hydrogens is 564 g/mol. The van der Waals surface area contributed by atoms with Crippen molar-refractivity contribution < 1.29 is 9.59 Å². The maximum Gasteiger partial charge on any atom is 0.253 e. The number of likely N-dealkylation sites (N-methyl/N-ethyl adjacent to an activating group) is 1. The molecule has 3 aromatic heterocycles. The van der Waals surface area contributed by atoms with Crippen LogP contribution in [0.1, 0.15) is 22.3 Å². The molecule has 0 saturated carbocycles. The van der Waals surface area contributed by atoms with E-state index in [-0.39, 0.29) is 17.9 Å². The van der Waals surface area contributed by atoms with Crippen LogP contribution >= 0.6 is 0 Å². The fourth-order valence-corrected chi connectivity index (χ4v) is 5.55. The Morgan fingerprint density at radius 1 is 1.02 bits per heavy atom. The second kappa shape index (κ2) is 13.1. The Morgan fingerprint density at radius 2 is 1.82 bits per heavy atom. The van der Waals surface area contributed by atoms with E-state index in [0.29, 0.717) is 36.8 Å². The number of nitrogens with one attached hydrogen (secondary N) is 2. The summed E-state index contributed by atoms with van der Waals surface area (Å²) in [6.45, 7) is 3.92. The highest BCUT2D eigenvalue weighted by molar-refractivity contribution is 6.00.